The summed E-state index contributed by atoms with van der Waals surface area (Å²) in [7, 11) is 0. The molecule has 3 aromatic rings. The number of aromatic nitrogens is 2. The quantitative estimate of drug-likeness (QED) is 0.692. The summed E-state index contributed by atoms with van der Waals surface area (Å²) < 4.78 is 26.6. The Kier molecular flexibility index (Phi) is 2.37. The van der Waals surface area contributed by atoms with Crippen molar-refractivity contribution in [2.75, 3.05) is 0 Å². The van der Waals surface area contributed by atoms with Gasteiger partial charge in [-0.25, -0.2) is 13.8 Å². The number of H-pyrrole nitrogens is 1. The number of fused-ring (bicyclic) bond motifs is 1. The molecule has 0 spiro atoms. The van der Waals surface area contributed by atoms with Gasteiger partial charge in [0.1, 0.15) is 11.3 Å². The predicted molar refractivity (Wildman–Crippen MR) is 66.2 cm³/mol. The highest BCUT2D eigenvalue weighted by Crippen LogP contribution is 2.23. The third kappa shape index (κ3) is 1.66. The van der Waals surface area contributed by atoms with Crippen molar-refractivity contribution in [3.8, 4) is 11.4 Å². The number of halogens is 2. The van der Waals surface area contributed by atoms with Gasteiger partial charge in [-0.15, -0.1) is 0 Å². The van der Waals surface area contributed by atoms with Gasteiger partial charge in [0.05, 0.1) is 5.52 Å². The van der Waals surface area contributed by atoms with Gasteiger partial charge in [0, 0.05) is 5.56 Å². The Morgan fingerprint density at radius 3 is 2.44 bits per heavy atom. The minimum absolute atomic E-state index is 0.0329. The monoisotopic (exact) mass is 244 g/mol. The molecule has 0 bridgehead atoms. The van der Waals surface area contributed by atoms with Gasteiger partial charge in [0.2, 0.25) is 0 Å². The number of hydrogen-bond donors (Lipinski definition) is 1. The Morgan fingerprint density at radius 2 is 1.72 bits per heavy atom. The summed E-state index contributed by atoms with van der Waals surface area (Å²) in [6.45, 7) is 1.98. The van der Waals surface area contributed by atoms with E-state index in [2.05, 4.69) is 9.97 Å². The first-order valence-electron chi connectivity index (χ1n) is 5.56. The summed E-state index contributed by atoms with van der Waals surface area (Å²) in [5, 5.41) is 0. The van der Waals surface area contributed by atoms with Gasteiger partial charge >= 0.3 is 0 Å². The molecule has 3 rings (SSSR count). The molecule has 0 aliphatic carbocycles. The van der Waals surface area contributed by atoms with Gasteiger partial charge in [-0.3, -0.25) is 0 Å². The maximum absolute atomic E-state index is 13.5. The van der Waals surface area contributed by atoms with Crippen LogP contribution >= 0.6 is 0 Å². The molecule has 0 unspecified atom stereocenters. The maximum Gasteiger partial charge on any atom is 0.186 e. The Hall–Kier alpha value is -2.23. The van der Waals surface area contributed by atoms with E-state index in [1.165, 1.54) is 6.07 Å². The summed E-state index contributed by atoms with van der Waals surface area (Å²) in [5.41, 5.74) is 2.50. The van der Waals surface area contributed by atoms with Crippen LogP contribution in [0.4, 0.5) is 8.78 Å². The smallest absolute Gasteiger partial charge is 0.186 e. The van der Waals surface area contributed by atoms with Crippen LogP contribution in [0.25, 0.3) is 22.4 Å². The highest BCUT2D eigenvalue weighted by molar-refractivity contribution is 5.80. The van der Waals surface area contributed by atoms with Gasteiger partial charge in [-0.05, 0) is 19.1 Å². The Balaban J connectivity index is 2.19. The molecule has 1 N–H and O–H groups in total. The molecule has 0 saturated carbocycles. The van der Waals surface area contributed by atoms with E-state index < -0.39 is 11.6 Å². The highest BCUT2D eigenvalue weighted by atomic mass is 19.2. The Bertz CT molecular complexity index is 714. The van der Waals surface area contributed by atoms with Crippen molar-refractivity contribution >= 4 is 11.0 Å². The lowest BCUT2D eigenvalue weighted by Gasteiger charge is -1.96. The summed E-state index contributed by atoms with van der Waals surface area (Å²) >= 11 is 0. The molecule has 4 heteroatoms. The second-order valence-corrected chi connectivity index (χ2v) is 4.21. The second-order valence-electron chi connectivity index (χ2n) is 4.21. The standard InChI is InChI=1S/C14H10F2N2/c1-8-2-4-9(5-3-8)14-17-11-7-6-10(15)12(16)13(11)18-14/h2-7H,1H3,(H,17,18). The summed E-state index contributed by atoms with van der Waals surface area (Å²) in [6.07, 6.45) is 0. The third-order valence-electron chi connectivity index (χ3n) is 2.87. The molecule has 0 radical (unpaired) electrons. The molecular weight excluding hydrogens is 234 g/mol. The van der Waals surface area contributed by atoms with Crippen molar-refractivity contribution in [2.45, 2.75) is 6.92 Å². The zero-order chi connectivity index (χ0) is 12.7. The number of rotatable bonds is 1. The van der Waals surface area contributed by atoms with Gasteiger partial charge < -0.3 is 4.98 Å². The van der Waals surface area contributed by atoms with Crippen LogP contribution in [0, 0.1) is 18.6 Å². The molecule has 0 atom stereocenters. The van der Waals surface area contributed by atoms with E-state index in [9.17, 15) is 8.78 Å². The fraction of sp³-hybridized carbons (Fsp3) is 0.0714. The zero-order valence-corrected chi connectivity index (χ0v) is 9.67. The molecule has 90 valence electrons. The second kappa shape index (κ2) is 3.91. The Morgan fingerprint density at radius 1 is 1.00 bits per heavy atom. The van der Waals surface area contributed by atoms with E-state index in [4.69, 9.17) is 0 Å². The van der Waals surface area contributed by atoms with Crippen molar-refractivity contribution in [1.82, 2.24) is 9.97 Å². The number of nitrogens with zero attached hydrogens (tertiary/aromatic N) is 1. The molecular formula is C14H10F2N2. The van der Waals surface area contributed by atoms with Crippen molar-refractivity contribution in [1.29, 1.82) is 0 Å². The lowest BCUT2D eigenvalue weighted by Crippen LogP contribution is -1.84. The van der Waals surface area contributed by atoms with E-state index in [1.54, 1.807) is 0 Å². The van der Waals surface area contributed by atoms with Gasteiger partial charge in [0.15, 0.2) is 11.6 Å². The first-order valence-corrected chi connectivity index (χ1v) is 5.56. The zero-order valence-electron chi connectivity index (χ0n) is 9.67. The normalized spacial score (nSPS) is 11.1. The molecule has 0 aliphatic rings. The van der Waals surface area contributed by atoms with E-state index >= 15 is 0 Å². The van der Waals surface area contributed by atoms with Crippen LogP contribution in [0.2, 0.25) is 0 Å². The maximum atomic E-state index is 13.5. The summed E-state index contributed by atoms with van der Waals surface area (Å²) in [6, 6.07) is 10.2. The number of benzene rings is 2. The van der Waals surface area contributed by atoms with Crippen LogP contribution in [0.5, 0.6) is 0 Å². The molecule has 0 amide bonds. The average Bonchev–Trinajstić information content (AvgIpc) is 2.80. The van der Waals surface area contributed by atoms with Crippen LogP contribution in [-0.2, 0) is 0 Å². The topological polar surface area (TPSA) is 28.7 Å². The van der Waals surface area contributed by atoms with Crippen molar-refractivity contribution in [3.05, 3.63) is 53.6 Å². The van der Waals surface area contributed by atoms with Gasteiger partial charge in [-0.2, -0.15) is 0 Å². The SMILES string of the molecule is Cc1ccc(-c2nc3c(F)c(F)ccc3[nH]2)cc1. The fourth-order valence-corrected chi connectivity index (χ4v) is 1.87. The van der Waals surface area contributed by atoms with E-state index in [0.29, 0.717) is 11.3 Å². The molecule has 0 saturated heterocycles. The van der Waals surface area contributed by atoms with Crippen molar-refractivity contribution < 1.29 is 8.78 Å². The number of imidazole rings is 1. The first-order chi connectivity index (χ1) is 8.65. The molecule has 0 aliphatic heterocycles. The third-order valence-corrected chi connectivity index (χ3v) is 2.87. The largest absolute Gasteiger partial charge is 0.338 e. The van der Waals surface area contributed by atoms with Crippen LogP contribution in [0.15, 0.2) is 36.4 Å². The van der Waals surface area contributed by atoms with E-state index in [1.807, 2.05) is 31.2 Å². The molecule has 0 fully saturated rings. The molecule has 2 aromatic carbocycles. The Labute approximate surface area is 102 Å². The van der Waals surface area contributed by atoms with Crippen molar-refractivity contribution in [3.63, 3.8) is 0 Å². The number of hydrogen-bond acceptors (Lipinski definition) is 1. The predicted octanol–water partition coefficient (Wildman–Crippen LogP) is 3.82. The van der Waals surface area contributed by atoms with Crippen LogP contribution in [0.3, 0.4) is 0 Å². The number of aromatic amines is 1. The van der Waals surface area contributed by atoms with Crippen LogP contribution in [-0.4, -0.2) is 9.97 Å². The fourth-order valence-electron chi connectivity index (χ4n) is 1.87. The molecule has 1 heterocycles. The minimum atomic E-state index is -0.915. The minimum Gasteiger partial charge on any atom is -0.338 e. The van der Waals surface area contributed by atoms with Gasteiger partial charge in [-0.1, -0.05) is 29.8 Å². The number of aryl methyl sites for hydroxylation is 1. The van der Waals surface area contributed by atoms with Crippen LogP contribution < -0.4 is 0 Å². The molecule has 18 heavy (non-hydrogen) atoms. The summed E-state index contributed by atoms with van der Waals surface area (Å²) in [4.78, 5) is 7.08. The number of nitrogens with one attached hydrogen (secondary N) is 1. The van der Waals surface area contributed by atoms with E-state index in [0.717, 1.165) is 17.2 Å². The highest BCUT2D eigenvalue weighted by Gasteiger charge is 2.12. The summed E-state index contributed by atoms with van der Waals surface area (Å²) in [5.74, 6) is -1.26. The van der Waals surface area contributed by atoms with Gasteiger partial charge in [0.25, 0.3) is 0 Å². The first kappa shape index (κ1) is 10.9. The molecule has 1 aromatic heterocycles. The van der Waals surface area contributed by atoms with E-state index in [-0.39, 0.29) is 5.52 Å². The lowest BCUT2D eigenvalue weighted by molar-refractivity contribution is 0.515. The molecule has 2 nitrogen and oxygen atoms in total. The van der Waals surface area contributed by atoms with Crippen molar-refractivity contribution in [2.24, 2.45) is 0 Å². The van der Waals surface area contributed by atoms with Crippen LogP contribution in [0.1, 0.15) is 5.56 Å². The lowest BCUT2D eigenvalue weighted by atomic mass is 10.1. The average molecular weight is 244 g/mol.